The summed E-state index contributed by atoms with van der Waals surface area (Å²) in [5.74, 6) is 1.56. The van der Waals surface area contributed by atoms with Crippen LogP contribution in [-0.4, -0.2) is 39.3 Å². The number of aromatic nitrogens is 4. The highest BCUT2D eigenvalue weighted by Gasteiger charge is 2.21. The number of anilines is 2. The lowest BCUT2D eigenvalue weighted by molar-refractivity contribution is 0.519. The van der Waals surface area contributed by atoms with Gasteiger partial charge in [-0.3, -0.25) is 0 Å². The maximum Gasteiger partial charge on any atom is 0.243 e. The molecule has 2 aromatic heterocycles. The van der Waals surface area contributed by atoms with Crippen molar-refractivity contribution < 1.29 is 0 Å². The molecular weight excluding hydrogens is 314 g/mol. The Morgan fingerprint density at radius 2 is 1.92 bits per heavy atom. The first-order chi connectivity index (χ1) is 12.2. The highest BCUT2D eigenvalue weighted by Crippen LogP contribution is 2.20. The molecule has 2 aromatic rings. The van der Waals surface area contributed by atoms with Gasteiger partial charge in [-0.1, -0.05) is 13.8 Å². The number of nitrogens with one attached hydrogen (secondary N) is 1. The van der Waals surface area contributed by atoms with Crippen molar-refractivity contribution in [3.63, 3.8) is 0 Å². The summed E-state index contributed by atoms with van der Waals surface area (Å²) in [5, 5.41) is 20.8. The Kier molecular flexibility index (Phi) is 5.39. The monoisotopic (exact) mass is 337 g/mol. The average Bonchev–Trinajstić information content (AvgIpc) is 2.68. The molecule has 1 saturated heterocycles. The summed E-state index contributed by atoms with van der Waals surface area (Å²) >= 11 is 0. The average molecular weight is 337 g/mol. The van der Waals surface area contributed by atoms with E-state index >= 15 is 0 Å². The standard InChI is InChI=1S/C18H23N7/c1-3-15-16(4-2)23-24-18(22-15)21-14-7-9-25(10-8-14)17-6-5-13(11-19)12-20-17/h5-6,12,14H,3-4,7-10H2,1-2H3,(H,21,22,24). The van der Waals surface area contributed by atoms with E-state index in [2.05, 4.69) is 50.3 Å². The predicted molar refractivity (Wildman–Crippen MR) is 96.4 cm³/mol. The van der Waals surface area contributed by atoms with Gasteiger partial charge in [0, 0.05) is 25.3 Å². The fourth-order valence-electron chi connectivity index (χ4n) is 3.07. The smallest absolute Gasteiger partial charge is 0.243 e. The molecule has 1 fully saturated rings. The lowest BCUT2D eigenvalue weighted by Gasteiger charge is -2.33. The third-order valence-corrected chi connectivity index (χ3v) is 4.54. The van der Waals surface area contributed by atoms with Gasteiger partial charge in [-0.15, -0.1) is 5.10 Å². The SMILES string of the molecule is CCc1nnc(NC2CCN(c3ccc(C#N)cn3)CC2)nc1CC. The first-order valence-electron chi connectivity index (χ1n) is 8.83. The molecule has 0 aliphatic carbocycles. The van der Waals surface area contributed by atoms with Gasteiger partial charge in [-0.05, 0) is 37.8 Å². The van der Waals surface area contributed by atoms with Crippen LogP contribution in [0, 0.1) is 11.3 Å². The molecule has 3 heterocycles. The Bertz CT molecular complexity index is 743. The lowest BCUT2D eigenvalue weighted by atomic mass is 10.1. The second kappa shape index (κ2) is 7.88. The van der Waals surface area contributed by atoms with Crippen molar-refractivity contribution in [1.29, 1.82) is 5.26 Å². The molecule has 1 aliphatic heterocycles. The van der Waals surface area contributed by atoms with Gasteiger partial charge in [0.1, 0.15) is 11.9 Å². The van der Waals surface area contributed by atoms with Crippen molar-refractivity contribution in [2.75, 3.05) is 23.3 Å². The van der Waals surface area contributed by atoms with E-state index in [0.29, 0.717) is 17.6 Å². The molecular formula is C18H23N7. The molecule has 7 nitrogen and oxygen atoms in total. The molecule has 1 N–H and O–H groups in total. The lowest BCUT2D eigenvalue weighted by Crippen LogP contribution is -2.39. The third kappa shape index (κ3) is 4.02. The van der Waals surface area contributed by atoms with E-state index < -0.39 is 0 Å². The summed E-state index contributed by atoms with van der Waals surface area (Å²) in [6.45, 7) is 6.00. The van der Waals surface area contributed by atoms with Crippen molar-refractivity contribution in [3.05, 3.63) is 35.3 Å². The Hall–Kier alpha value is -2.75. The van der Waals surface area contributed by atoms with Crippen LogP contribution in [0.25, 0.3) is 0 Å². The van der Waals surface area contributed by atoms with Crippen LogP contribution in [0.5, 0.6) is 0 Å². The number of pyridine rings is 1. The summed E-state index contributed by atoms with van der Waals surface area (Å²) in [7, 11) is 0. The second-order valence-corrected chi connectivity index (χ2v) is 6.16. The minimum Gasteiger partial charge on any atom is -0.356 e. The van der Waals surface area contributed by atoms with Crippen LogP contribution in [0.4, 0.5) is 11.8 Å². The summed E-state index contributed by atoms with van der Waals surface area (Å²) in [5.41, 5.74) is 2.60. The van der Waals surface area contributed by atoms with Crippen molar-refractivity contribution in [1.82, 2.24) is 20.2 Å². The minimum atomic E-state index is 0.341. The quantitative estimate of drug-likeness (QED) is 0.895. The Morgan fingerprint density at radius 3 is 2.52 bits per heavy atom. The molecule has 3 rings (SSSR count). The van der Waals surface area contributed by atoms with Crippen molar-refractivity contribution in [2.24, 2.45) is 0 Å². The molecule has 0 radical (unpaired) electrons. The molecule has 0 atom stereocenters. The third-order valence-electron chi connectivity index (χ3n) is 4.54. The number of hydrogen-bond donors (Lipinski definition) is 1. The van der Waals surface area contributed by atoms with Gasteiger partial charge in [-0.25, -0.2) is 9.97 Å². The van der Waals surface area contributed by atoms with E-state index in [-0.39, 0.29) is 0 Å². The molecule has 7 heteroatoms. The summed E-state index contributed by atoms with van der Waals surface area (Å²) < 4.78 is 0. The van der Waals surface area contributed by atoms with Gasteiger partial charge >= 0.3 is 0 Å². The van der Waals surface area contributed by atoms with Gasteiger partial charge in [0.05, 0.1) is 17.0 Å². The van der Waals surface area contributed by atoms with E-state index in [1.54, 1.807) is 6.20 Å². The molecule has 0 amide bonds. The molecule has 25 heavy (non-hydrogen) atoms. The first-order valence-corrected chi connectivity index (χ1v) is 8.83. The normalized spacial score (nSPS) is 15.0. The van der Waals surface area contributed by atoms with Gasteiger partial charge in [0.15, 0.2) is 0 Å². The number of hydrogen-bond acceptors (Lipinski definition) is 7. The zero-order valence-electron chi connectivity index (χ0n) is 14.7. The summed E-state index contributed by atoms with van der Waals surface area (Å²) in [6, 6.07) is 6.17. The first kappa shape index (κ1) is 17.1. The van der Waals surface area contributed by atoms with Crippen LogP contribution in [0.2, 0.25) is 0 Å². The fourth-order valence-corrected chi connectivity index (χ4v) is 3.07. The minimum absolute atomic E-state index is 0.341. The Morgan fingerprint density at radius 1 is 1.16 bits per heavy atom. The van der Waals surface area contributed by atoms with E-state index in [4.69, 9.17) is 5.26 Å². The Labute approximate surface area is 148 Å². The Balaban J connectivity index is 1.58. The number of piperidine rings is 1. The summed E-state index contributed by atoms with van der Waals surface area (Å²) in [4.78, 5) is 11.2. The highest BCUT2D eigenvalue weighted by atomic mass is 15.3. The zero-order chi connectivity index (χ0) is 17.6. The molecule has 0 saturated carbocycles. The second-order valence-electron chi connectivity index (χ2n) is 6.16. The van der Waals surface area contributed by atoms with Gasteiger partial charge in [0.25, 0.3) is 0 Å². The number of nitriles is 1. The molecule has 0 bridgehead atoms. The van der Waals surface area contributed by atoms with Crippen molar-refractivity contribution >= 4 is 11.8 Å². The van der Waals surface area contributed by atoms with Crippen LogP contribution in [0.1, 0.15) is 43.6 Å². The van der Waals surface area contributed by atoms with Gasteiger partial charge < -0.3 is 10.2 Å². The van der Waals surface area contributed by atoms with Crippen LogP contribution in [0.15, 0.2) is 18.3 Å². The topological polar surface area (TPSA) is 90.6 Å². The maximum atomic E-state index is 8.86. The molecule has 0 unspecified atom stereocenters. The van der Waals surface area contributed by atoms with Crippen molar-refractivity contribution in [3.8, 4) is 6.07 Å². The molecule has 130 valence electrons. The van der Waals surface area contributed by atoms with Crippen LogP contribution in [0.3, 0.4) is 0 Å². The number of rotatable bonds is 5. The van der Waals surface area contributed by atoms with Gasteiger partial charge in [0.2, 0.25) is 5.95 Å². The zero-order valence-corrected chi connectivity index (χ0v) is 14.7. The largest absolute Gasteiger partial charge is 0.356 e. The highest BCUT2D eigenvalue weighted by molar-refractivity contribution is 5.42. The van der Waals surface area contributed by atoms with Crippen LogP contribution >= 0.6 is 0 Å². The van der Waals surface area contributed by atoms with E-state index in [0.717, 1.165) is 56.0 Å². The van der Waals surface area contributed by atoms with Crippen LogP contribution in [-0.2, 0) is 12.8 Å². The number of nitrogens with zero attached hydrogens (tertiary/aromatic N) is 6. The molecule has 0 aromatic carbocycles. The van der Waals surface area contributed by atoms with E-state index in [1.807, 2.05) is 12.1 Å². The van der Waals surface area contributed by atoms with Crippen molar-refractivity contribution in [2.45, 2.75) is 45.6 Å². The maximum absolute atomic E-state index is 8.86. The van der Waals surface area contributed by atoms with E-state index in [1.165, 1.54) is 0 Å². The predicted octanol–water partition coefficient (Wildman–Crippen LogP) is 2.34. The van der Waals surface area contributed by atoms with Gasteiger partial charge in [-0.2, -0.15) is 10.4 Å². The summed E-state index contributed by atoms with van der Waals surface area (Å²) in [6.07, 6.45) is 5.33. The number of aryl methyl sites for hydroxylation is 2. The van der Waals surface area contributed by atoms with E-state index in [9.17, 15) is 0 Å². The van der Waals surface area contributed by atoms with Crippen LogP contribution < -0.4 is 10.2 Å². The molecule has 1 aliphatic rings. The fraction of sp³-hybridized carbons (Fsp3) is 0.500. The molecule has 0 spiro atoms.